The van der Waals surface area contributed by atoms with Crippen LogP contribution in [-0.4, -0.2) is 28.3 Å². The fourth-order valence-corrected chi connectivity index (χ4v) is 1.66. The van der Waals surface area contributed by atoms with Gasteiger partial charge in [-0.05, 0) is 13.0 Å². The van der Waals surface area contributed by atoms with Crippen molar-refractivity contribution in [3.63, 3.8) is 0 Å². The van der Waals surface area contributed by atoms with Crippen LogP contribution >= 0.6 is 15.9 Å². The molecule has 0 radical (unpaired) electrons. The molecule has 0 amide bonds. The van der Waals surface area contributed by atoms with Crippen LogP contribution in [0.25, 0.3) is 0 Å². The number of rotatable bonds is 5. The molecular formula is C11H15BrO3. The minimum Gasteiger partial charge on any atom is -0.493 e. The van der Waals surface area contributed by atoms with E-state index in [9.17, 15) is 10.2 Å². The maximum Gasteiger partial charge on any atom is 0.125 e. The van der Waals surface area contributed by atoms with Crippen LogP contribution < -0.4 is 4.74 Å². The fraction of sp³-hybridized carbons (Fsp3) is 0.455. The van der Waals surface area contributed by atoms with Gasteiger partial charge in [0.05, 0.1) is 12.7 Å². The first-order chi connectivity index (χ1) is 7.20. The van der Waals surface area contributed by atoms with E-state index in [4.69, 9.17) is 4.74 Å². The number of ether oxygens (including phenoxy) is 1. The number of aliphatic hydroxyl groups excluding tert-OH is 2. The third-order valence-corrected chi connectivity index (χ3v) is 2.72. The lowest BCUT2D eigenvalue weighted by molar-refractivity contribution is 0.0324. The van der Waals surface area contributed by atoms with Crippen molar-refractivity contribution >= 4 is 15.9 Å². The molecule has 4 heteroatoms. The van der Waals surface area contributed by atoms with E-state index in [1.54, 1.807) is 12.1 Å². The van der Waals surface area contributed by atoms with Crippen molar-refractivity contribution in [3.8, 4) is 5.75 Å². The Morgan fingerprint density at radius 1 is 1.33 bits per heavy atom. The lowest BCUT2D eigenvalue weighted by atomic mass is 10.0. The number of benzene rings is 1. The predicted octanol–water partition coefficient (Wildman–Crippen LogP) is 1.87. The van der Waals surface area contributed by atoms with Crippen LogP contribution in [0.15, 0.2) is 24.3 Å². The minimum absolute atomic E-state index is 0.328. The average molecular weight is 275 g/mol. The van der Waals surface area contributed by atoms with Crippen LogP contribution in [0.2, 0.25) is 0 Å². The smallest absolute Gasteiger partial charge is 0.125 e. The van der Waals surface area contributed by atoms with Crippen molar-refractivity contribution in [1.82, 2.24) is 0 Å². The maximum atomic E-state index is 9.84. The van der Waals surface area contributed by atoms with E-state index in [1.165, 1.54) is 0 Å². The van der Waals surface area contributed by atoms with E-state index in [0.29, 0.717) is 23.2 Å². The molecule has 1 aromatic carbocycles. The second-order valence-corrected chi connectivity index (χ2v) is 3.78. The molecule has 0 heterocycles. The lowest BCUT2D eigenvalue weighted by Crippen LogP contribution is -2.20. The van der Waals surface area contributed by atoms with Gasteiger partial charge in [0.2, 0.25) is 0 Å². The Kier molecular flexibility index (Phi) is 5.08. The summed E-state index contributed by atoms with van der Waals surface area (Å²) in [5.41, 5.74) is 0.617. The minimum atomic E-state index is -0.924. The van der Waals surface area contributed by atoms with Gasteiger partial charge in [0.1, 0.15) is 11.9 Å². The molecule has 2 N–H and O–H groups in total. The Labute approximate surface area is 97.8 Å². The van der Waals surface area contributed by atoms with Gasteiger partial charge in [-0.25, -0.2) is 0 Å². The summed E-state index contributed by atoms with van der Waals surface area (Å²) in [5.74, 6) is 0.618. The summed E-state index contributed by atoms with van der Waals surface area (Å²) in [5, 5.41) is 19.7. The van der Waals surface area contributed by atoms with Crippen molar-refractivity contribution in [3.05, 3.63) is 29.8 Å². The van der Waals surface area contributed by atoms with Crippen LogP contribution in [0, 0.1) is 0 Å². The van der Waals surface area contributed by atoms with E-state index >= 15 is 0 Å². The first kappa shape index (κ1) is 12.5. The number of para-hydroxylation sites is 1. The van der Waals surface area contributed by atoms with E-state index in [-0.39, 0.29) is 0 Å². The number of alkyl halides is 1. The topological polar surface area (TPSA) is 49.7 Å². The molecule has 0 aliphatic rings. The van der Waals surface area contributed by atoms with Crippen LogP contribution in [0.3, 0.4) is 0 Å². The molecule has 1 aromatic rings. The monoisotopic (exact) mass is 274 g/mol. The van der Waals surface area contributed by atoms with E-state index in [2.05, 4.69) is 15.9 Å². The van der Waals surface area contributed by atoms with E-state index < -0.39 is 12.2 Å². The number of halogens is 1. The summed E-state index contributed by atoms with van der Waals surface area (Å²) in [4.78, 5) is 0. The second-order valence-electron chi connectivity index (χ2n) is 3.14. The third-order valence-electron chi connectivity index (χ3n) is 2.06. The molecule has 0 fully saturated rings. The van der Waals surface area contributed by atoms with Gasteiger partial charge >= 0.3 is 0 Å². The molecule has 0 bridgehead atoms. The van der Waals surface area contributed by atoms with Gasteiger partial charge in [-0.1, -0.05) is 34.1 Å². The zero-order valence-electron chi connectivity index (χ0n) is 8.56. The van der Waals surface area contributed by atoms with Gasteiger partial charge in [-0.3, -0.25) is 0 Å². The molecular weight excluding hydrogens is 260 g/mol. The fourth-order valence-electron chi connectivity index (χ4n) is 1.30. The zero-order valence-corrected chi connectivity index (χ0v) is 10.1. The Hall–Kier alpha value is -0.580. The predicted molar refractivity (Wildman–Crippen MR) is 62.4 cm³/mol. The van der Waals surface area contributed by atoms with Crippen molar-refractivity contribution in [2.45, 2.75) is 19.1 Å². The Bertz CT molecular complexity index is 304. The van der Waals surface area contributed by atoms with Crippen molar-refractivity contribution in [1.29, 1.82) is 0 Å². The largest absolute Gasteiger partial charge is 0.493 e. The number of hydrogen-bond donors (Lipinski definition) is 2. The van der Waals surface area contributed by atoms with E-state index in [1.807, 2.05) is 19.1 Å². The van der Waals surface area contributed by atoms with Gasteiger partial charge in [-0.15, -0.1) is 0 Å². The molecule has 84 valence electrons. The van der Waals surface area contributed by atoms with Crippen molar-refractivity contribution in [2.75, 3.05) is 11.9 Å². The maximum absolute atomic E-state index is 9.84. The quantitative estimate of drug-likeness (QED) is 0.807. The molecule has 2 atom stereocenters. The highest BCUT2D eigenvalue weighted by Crippen LogP contribution is 2.27. The van der Waals surface area contributed by atoms with Crippen LogP contribution in [0.5, 0.6) is 5.75 Å². The summed E-state index contributed by atoms with van der Waals surface area (Å²) in [6.45, 7) is 2.41. The standard InChI is InChI=1S/C11H15BrO3/c1-2-15-10-6-4-3-5-8(10)11(14)9(13)7-12/h3-6,9,11,13-14H,2,7H2,1H3. The third kappa shape index (κ3) is 3.19. The van der Waals surface area contributed by atoms with Crippen LogP contribution in [0.1, 0.15) is 18.6 Å². The molecule has 3 nitrogen and oxygen atoms in total. The van der Waals surface area contributed by atoms with Crippen LogP contribution in [0.4, 0.5) is 0 Å². The first-order valence-corrected chi connectivity index (χ1v) is 5.96. The SMILES string of the molecule is CCOc1ccccc1C(O)C(O)CBr. The highest BCUT2D eigenvalue weighted by Gasteiger charge is 2.20. The molecule has 0 aromatic heterocycles. The van der Waals surface area contributed by atoms with E-state index in [0.717, 1.165) is 0 Å². The van der Waals surface area contributed by atoms with Gasteiger partial charge in [0.25, 0.3) is 0 Å². The van der Waals surface area contributed by atoms with Crippen LogP contribution in [-0.2, 0) is 0 Å². The van der Waals surface area contributed by atoms with Gasteiger partial charge in [-0.2, -0.15) is 0 Å². The molecule has 0 aliphatic heterocycles. The average Bonchev–Trinajstić information content (AvgIpc) is 2.28. The zero-order chi connectivity index (χ0) is 11.3. The summed E-state index contributed by atoms with van der Waals surface area (Å²) in [6.07, 6.45) is -1.75. The number of aliphatic hydroxyl groups is 2. The molecule has 2 unspecified atom stereocenters. The Balaban J connectivity index is 2.91. The molecule has 0 aliphatic carbocycles. The van der Waals surface area contributed by atoms with Gasteiger partial charge < -0.3 is 14.9 Å². The lowest BCUT2D eigenvalue weighted by Gasteiger charge is -2.18. The highest BCUT2D eigenvalue weighted by molar-refractivity contribution is 9.09. The molecule has 0 saturated heterocycles. The summed E-state index contributed by atoms with van der Waals surface area (Å²) in [6, 6.07) is 7.17. The normalized spacial score (nSPS) is 14.7. The number of hydrogen-bond acceptors (Lipinski definition) is 3. The Morgan fingerprint density at radius 2 is 2.00 bits per heavy atom. The summed E-state index contributed by atoms with van der Waals surface area (Å²) >= 11 is 3.13. The summed E-state index contributed by atoms with van der Waals surface area (Å²) < 4.78 is 5.37. The van der Waals surface area contributed by atoms with Crippen molar-refractivity contribution < 1.29 is 14.9 Å². The Morgan fingerprint density at radius 3 is 2.60 bits per heavy atom. The molecule has 1 rings (SSSR count). The van der Waals surface area contributed by atoms with Gasteiger partial charge in [0.15, 0.2) is 0 Å². The molecule has 0 saturated carbocycles. The van der Waals surface area contributed by atoms with Crippen molar-refractivity contribution in [2.24, 2.45) is 0 Å². The molecule has 0 spiro atoms. The molecule has 15 heavy (non-hydrogen) atoms. The van der Waals surface area contributed by atoms with Gasteiger partial charge in [0, 0.05) is 10.9 Å². The first-order valence-electron chi connectivity index (χ1n) is 4.84. The summed E-state index contributed by atoms with van der Waals surface area (Å²) in [7, 11) is 0. The second kappa shape index (κ2) is 6.10. The highest BCUT2D eigenvalue weighted by atomic mass is 79.9.